The van der Waals surface area contributed by atoms with E-state index >= 15 is 0 Å². The predicted octanol–water partition coefficient (Wildman–Crippen LogP) is 2.54. The van der Waals surface area contributed by atoms with Crippen LogP contribution < -0.4 is 16.1 Å². The lowest BCUT2D eigenvalue weighted by molar-refractivity contribution is 0.607. The van der Waals surface area contributed by atoms with Crippen LogP contribution in [-0.4, -0.2) is 13.1 Å². The van der Waals surface area contributed by atoms with Gasteiger partial charge < -0.3 is 10.6 Å². The number of hydrogen-bond acceptors (Lipinski definition) is 4. The number of anilines is 2. The summed E-state index contributed by atoms with van der Waals surface area (Å²) in [6, 6.07) is 0. The second kappa shape index (κ2) is 5.26. The van der Waals surface area contributed by atoms with E-state index in [1.807, 2.05) is 6.92 Å². The van der Waals surface area contributed by atoms with Crippen molar-refractivity contribution >= 4 is 23.6 Å². The predicted molar refractivity (Wildman–Crippen MR) is 68.0 cm³/mol. The van der Waals surface area contributed by atoms with E-state index in [9.17, 15) is 4.79 Å². The Balaban J connectivity index is 2.58. The van der Waals surface area contributed by atoms with Gasteiger partial charge in [0.1, 0.15) is 10.2 Å². The molecule has 1 aromatic carbocycles. The quantitative estimate of drug-likeness (QED) is 0.731. The van der Waals surface area contributed by atoms with Crippen molar-refractivity contribution in [3.8, 4) is 0 Å². The Morgan fingerprint density at radius 2 is 1.93 bits per heavy atom. The standard InChI is InChI=1S/C11H18N2OS/c1-4-12-9-8(10(14)11(9)15)13-6-5-7(2)3/h7,12-13H,4-6H2,1-3H3. The van der Waals surface area contributed by atoms with E-state index in [0.717, 1.165) is 25.2 Å². The van der Waals surface area contributed by atoms with Gasteiger partial charge in [-0.2, -0.15) is 0 Å². The maximum atomic E-state index is 11.4. The van der Waals surface area contributed by atoms with Gasteiger partial charge in [-0.05, 0) is 19.3 Å². The number of rotatable bonds is 6. The molecular formula is C11H18N2OS. The molecule has 0 bridgehead atoms. The second-order valence-electron chi connectivity index (χ2n) is 4.05. The van der Waals surface area contributed by atoms with Crippen LogP contribution in [0.15, 0.2) is 4.79 Å². The summed E-state index contributed by atoms with van der Waals surface area (Å²) in [7, 11) is 0. The van der Waals surface area contributed by atoms with E-state index in [-0.39, 0.29) is 5.43 Å². The summed E-state index contributed by atoms with van der Waals surface area (Å²) in [5.41, 5.74) is 1.47. The molecule has 15 heavy (non-hydrogen) atoms. The Morgan fingerprint density at radius 1 is 1.27 bits per heavy atom. The Bertz CT molecular complexity index is 391. The molecule has 0 amide bonds. The molecule has 0 atom stereocenters. The minimum atomic E-state index is -0.0234. The van der Waals surface area contributed by atoms with Gasteiger partial charge in [0.15, 0.2) is 0 Å². The maximum absolute atomic E-state index is 11.4. The fourth-order valence-electron chi connectivity index (χ4n) is 1.39. The molecule has 0 fully saturated rings. The van der Waals surface area contributed by atoms with Crippen LogP contribution in [0, 0.1) is 10.4 Å². The summed E-state index contributed by atoms with van der Waals surface area (Å²) < 4.78 is 0.434. The average molecular weight is 226 g/mol. The molecule has 0 aliphatic carbocycles. The maximum Gasteiger partial charge on any atom is 0.223 e. The third-order valence-corrected chi connectivity index (χ3v) is 2.68. The van der Waals surface area contributed by atoms with Crippen molar-refractivity contribution in [3.63, 3.8) is 0 Å². The molecule has 84 valence electrons. The molecule has 0 saturated heterocycles. The zero-order valence-electron chi connectivity index (χ0n) is 9.52. The van der Waals surface area contributed by atoms with Crippen molar-refractivity contribution in [2.24, 2.45) is 5.92 Å². The average Bonchev–Trinajstić information content (AvgIpc) is 2.21. The molecule has 0 aliphatic rings. The summed E-state index contributed by atoms with van der Waals surface area (Å²) >= 11 is 4.96. The third kappa shape index (κ3) is 2.78. The van der Waals surface area contributed by atoms with E-state index < -0.39 is 0 Å². The summed E-state index contributed by atoms with van der Waals surface area (Å²) in [6.45, 7) is 7.93. The molecule has 4 heteroatoms. The fourth-order valence-corrected chi connectivity index (χ4v) is 1.67. The van der Waals surface area contributed by atoms with Crippen LogP contribution in [0.2, 0.25) is 0 Å². The SMILES string of the molecule is CCNc1c(NCCC(C)C)c(=O)c1=S. The molecule has 2 N–H and O–H groups in total. The van der Waals surface area contributed by atoms with Crippen molar-refractivity contribution in [1.82, 2.24) is 0 Å². The molecule has 0 heterocycles. The summed E-state index contributed by atoms with van der Waals surface area (Å²) in [4.78, 5) is 11.4. The van der Waals surface area contributed by atoms with E-state index in [1.165, 1.54) is 0 Å². The minimum absolute atomic E-state index is 0.0234. The van der Waals surface area contributed by atoms with E-state index in [0.29, 0.717) is 16.1 Å². The van der Waals surface area contributed by atoms with Gasteiger partial charge in [0.2, 0.25) is 5.43 Å². The van der Waals surface area contributed by atoms with Crippen LogP contribution in [0.5, 0.6) is 0 Å². The van der Waals surface area contributed by atoms with Crippen LogP contribution in [0.25, 0.3) is 0 Å². The number of nitrogens with one attached hydrogen (secondary N) is 2. The molecule has 3 nitrogen and oxygen atoms in total. The van der Waals surface area contributed by atoms with Crippen LogP contribution in [0.4, 0.5) is 11.4 Å². The van der Waals surface area contributed by atoms with E-state index in [4.69, 9.17) is 12.2 Å². The Hall–Kier alpha value is -0.900. The molecule has 0 spiro atoms. The zero-order chi connectivity index (χ0) is 11.4. The zero-order valence-corrected chi connectivity index (χ0v) is 10.3. The molecule has 1 aromatic rings. The smallest absolute Gasteiger partial charge is 0.223 e. The first-order valence-electron chi connectivity index (χ1n) is 5.39. The Labute approximate surface area is 95.6 Å². The molecule has 1 rings (SSSR count). The normalized spacial score (nSPS) is 10.9. The highest BCUT2D eigenvalue weighted by atomic mass is 32.1. The molecular weight excluding hydrogens is 208 g/mol. The lowest BCUT2D eigenvalue weighted by atomic mass is 10.1. The summed E-state index contributed by atoms with van der Waals surface area (Å²) in [5.74, 6) is 0.641. The van der Waals surface area contributed by atoms with Gasteiger partial charge in [0.25, 0.3) is 0 Å². The fraction of sp³-hybridized carbons (Fsp3) is 0.636. The Kier molecular flexibility index (Phi) is 4.27. The first kappa shape index (κ1) is 12.2. The van der Waals surface area contributed by atoms with Crippen molar-refractivity contribution in [1.29, 1.82) is 0 Å². The van der Waals surface area contributed by atoms with Gasteiger partial charge in [-0.25, -0.2) is 0 Å². The molecule has 0 aliphatic heterocycles. The number of hydrogen-bond donors (Lipinski definition) is 2. The van der Waals surface area contributed by atoms with Crippen molar-refractivity contribution in [3.05, 3.63) is 14.7 Å². The Morgan fingerprint density at radius 3 is 2.47 bits per heavy atom. The van der Waals surface area contributed by atoms with Crippen molar-refractivity contribution in [2.45, 2.75) is 27.2 Å². The molecule has 0 saturated carbocycles. The highest BCUT2D eigenvalue weighted by Crippen LogP contribution is 2.22. The van der Waals surface area contributed by atoms with Crippen LogP contribution in [-0.2, 0) is 0 Å². The highest BCUT2D eigenvalue weighted by Gasteiger charge is 2.16. The largest absolute Gasteiger partial charge is 0.382 e. The summed E-state index contributed by atoms with van der Waals surface area (Å²) in [5, 5.41) is 6.25. The van der Waals surface area contributed by atoms with Gasteiger partial charge >= 0.3 is 0 Å². The van der Waals surface area contributed by atoms with Gasteiger partial charge in [0, 0.05) is 13.1 Å². The molecule has 0 aromatic heterocycles. The topological polar surface area (TPSA) is 41.1 Å². The molecule has 0 radical (unpaired) electrons. The van der Waals surface area contributed by atoms with E-state index in [2.05, 4.69) is 24.5 Å². The van der Waals surface area contributed by atoms with Crippen molar-refractivity contribution < 1.29 is 0 Å². The third-order valence-electron chi connectivity index (χ3n) is 2.29. The minimum Gasteiger partial charge on any atom is -0.382 e. The lowest BCUT2D eigenvalue weighted by Crippen LogP contribution is -2.22. The lowest BCUT2D eigenvalue weighted by Gasteiger charge is -2.15. The van der Waals surface area contributed by atoms with Gasteiger partial charge in [-0.1, -0.05) is 26.1 Å². The first-order valence-corrected chi connectivity index (χ1v) is 5.79. The van der Waals surface area contributed by atoms with Crippen molar-refractivity contribution in [2.75, 3.05) is 23.7 Å². The van der Waals surface area contributed by atoms with Crippen LogP contribution in [0.1, 0.15) is 27.2 Å². The monoisotopic (exact) mass is 226 g/mol. The second-order valence-corrected chi connectivity index (χ2v) is 4.46. The van der Waals surface area contributed by atoms with Gasteiger partial charge in [-0.3, -0.25) is 4.79 Å². The summed E-state index contributed by atoms with van der Waals surface area (Å²) in [6.07, 6.45) is 1.06. The molecule has 0 unspecified atom stereocenters. The van der Waals surface area contributed by atoms with Crippen LogP contribution >= 0.6 is 12.2 Å². The van der Waals surface area contributed by atoms with Gasteiger partial charge in [-0.15, -0.1) is 0 Å². The van der Waals surface area contributed by atoms with E-state index in [1.54, 1.807) is 0 Å². The van der Waals surface area contributed by atoms with Crippen LogP contribution in [0.3, 0.4) is 0 Å². The first-order chi connectivity index (χ1) is 7.07. The highest BCUT2D eigenvalue weighted by molar-refractivity contribution is 7.71. The van der Waals surface area contributed by atoms with Gasteiger partial charge in [0.05, 0.1) is 5.69 Å².